The number of rotatable bonds is 2. The number of imide groups is 1. The van der Waals surface area contributed by atoms with Crippen LogP contribution in [-0.2, 0) is 11.3 Å². The van der Waals surface area contributed by atoms with Crippen molar-refractivity contribution in [2.45, 2.75) is 44.7 Å². The molecule has 1 saturated heterocycles. The maximum Gasteiger partial charge on any atom is 0.325 e. The van der Waals surface area contributed by atoms with E-state index in [9.17, 15) is 9.59 Å². The molecular formula is C17H19BrN2O4. The number of halogens is 1. The van der Waals surface area contributed by atoms with Crippen LogP contribution >= 0.6 is 15.9 Å². The van der Waals surface area contributed by atoms with Gasteiger partial charge in [-0.3, -0.25) is 9.69 Å². The molecule has 1 aromatic rings. The minimum Gasteiger partial charge on any atom is -0.454 e. The molecule has 4 rings (SSSR count). The van der Waals surface area contributed by atoms with Crippen LogP contribution in [0.2, 0.25) is 0 Å². The van der Waals surface area contributed by atoms with Gasteiger partial charge in [0.1, 0.15) is 5.54 Å². The number of carbonyl (C=O) groups excluding carboxylic acids is 2. The highest BCUT2D eigenvalue weighted by atomic mass is 79.9. The van der Waals surface area contributed by atoms with E-state index in [4.69, 9.17) is 9.47 Å². The highest BCUT2D eigenvalue weighted by Crippen LogP contribution is 2.40. The number of nitrogens with one attached hydrogen (secondary N) is 1. The Bertz CT molecular complexity index is 723. The van der Waals surface area contributed by atoms with Gasteiger partial charge in [-0.15, -0.1) is 0 Å². The summed E-state index contributed by atoms with van der Waals surface area (Å²) in [5.74, 6) is 1.36. The molecule has 1 N–H and O–H groups in total. The van der Waals surface area contributed by atoms with Gasteiger partial charge in [-0.05, 0) is 36.5 Å². The van der Waals surface area contributed by atoms with E-state index >= 15 is 0 Å². The van der Waals surface area contributed by atoms with Crippen molar-refractivity contribution in [3.8, 4) is 11.5 Å². The molecule has 24 heavy (non-hydrogen) atoms. The van der Waals surface area contributed by atoms with Gasteiger partial charge in [-0.1, -0.05) is 35.7 Å². The van der Waals surface area contributed by atoms with Gasteiger partial charge in [0.25, 0.3) is 5.91 Å². The fraction of sp³-hybridized carbons (Fsp3) is 0.529. The first kappa shape index (κ1) is 15.7. The zero-order chi connectivity index (χ0) is 16.9. The van der Waals surface area contributed by atoms with Crippen LogP contribution in [0.25, 0.3) is 0 Å². The number of hydrogen-bond acceptors (Lipinski definition) is 4. The standard InChI is InChI=1S/C17H19BrN2O4/c1-10-4-2-3-5-17(10)15(21)20(16(22)19-17)8-11-6-13-14(7-12(11)18)24-9-23-13/h6-7,10H,2-5,8-9H2,1H3,(H,19,22)/t10-,17-/m0/s1. The number of benzene rings is 1. The number of hydrogen-bond donors (Lipinski definition) is 1. The second-order valence-corrected chi connectivity index (χ2v) is 7.59. The van der Waals surface area contributed by atoms with Crippen molar-refractivity contribution in [3.05, 3.63) is 22.2 Å². The lowest BCUT2D eigenvalue weighted by Crippen LogP contribution is -2.53. The van der Waals surface area contributed by atoms with Crippen molar-refractivity contribution >= 4 is 27.9 Å². The number of urea groups is 1. The summed E-state index contributed by atoms with van der Waals surface area (Å²) in [5, 5.41) is 2.98. The quantitative estimate of drug-likeness (QED) is 0.782. The summed E-state index contributed by atoms with van der Waals surface area (Å²) in [5.41, 5.74) is 0.0984. The largest absolute Gasteiger partial charge is 0.454 e. The van der Waals surface area contributed by atoms with Crippen molar-refractivity contribution in [2.24, 2.45) is 5.92 Å². The molecule has 2 atom stereocenters. The lowest BCUT2D eigenvalue weighted by Gasteiger charge is -2.36. The third-order valence-corrected chi connectivity index (χ3v) is 6.11. The molecule has 2 fully saturated rings. The second-order valence-electron chi connectivity index (χ2n) is 6.74. The van der Waals surface area contributed by atoms with Crippen molar-refractivity contribution in [1.29, 1.82) is 0 Å². The fourth-order valence-electron chi connectivity index (χ4n) is 3.89. The van der Waals surface area contributed by atoms with E-state index in [-0.39, 0.29) is 31.2 Å². The normalized spacial score (nSPS) is 28.6. The van der Waals surface area contributed by atoms with Gasteiger partial charge in [0.05, 0.1) is 6.54 Å². The van der Waals surface area contributed by atoms with Gasteiger partial charge >= 0.3 is 6.03 Å². The molecule has 7 heteroatoms. The molecule has 1 spiro atoms. The van der Waals surface area contributed by atoms with Crippen molar-refractivity contribution < 1.29 is 19.1 Å². The Labute approximate surface area is 148 Å². The van der Waals surface area contributed by atoms with Crippen LogP contribution in [0.4, 0.5) is 4.79 Å². The van der Waals surface area contributed by atoms with Crippen LogP contribution in [0.15, 0.2) is 16.6 Å². The Morgan fingerprint density at radius 1 is 1.29 bits per heavy atom. The Hall–Kier alpha value is -1.76. The average Bonchev–Trinajstić information content (AvgIpc) is 3.09. The number of amides is 3. The number of fused-ring (bicyclic) bond motifs is 1. The van der Waals surface area contributed by atoms with Crippen LogP contribution < -0.4 is 14.8 Å². The molecule has 2 heterocycles. The molecule has 1 aromatic carbocycles. The summed E-state index contributed by atoms with van der Waals surface area (Å²) in [4.78, 5) is 26.8. The van der Waals surface area contributed by atoms with Gasteiger partial charge in [-0.25, -0.2) is 4.79 Å². The van der Waals surface area contributed by atoms with Crippen LogP contribution in [-0.4, -0.2) is 29.2 Å². The SMILES string of the molecule is C[C@H]1CCCC[C@]12NC(=O)N(Cc1cc3c(cc1Br)OCO3)C2=O. The van der Waals surface area contributed by atoms with E-state index < -0.39 is 5.54 Å². The van der Waals surface area contributed by atoms with Gasteiger partial charge in [-0.2, -0.15) is 0 Å². The minimum absolute atomic E-state index is 0.107. The molecular weight excluding hydrogens is 376 g/mol. The van der Waals surface area contributed by atoms with Gasteiger partial charge < -0.3 is 14.8 Å². The lowest BCUT2D eigenvalue weighted by molar-refractivity contribution is -0.134. The molecule has 1 aliphatic carbocycles. The summed E-state index contributed by atoms with van der Waals surface area (Å²) in [6.45, 7) is 2.46. The first-order valence-corrected chi connectivity index (χ1v) is 9.03. The lowest BCUT2D eigenvalue weighted by atomic mass is 9.73. The molecule has 0 radical (unpaired) electrons. The monoisotopic (exact) mass is 394 g/mol. The minimum atomic E-state index is -0.724. The van der Waals surface area contributed by atoms with Crippen LogP contribution in [0, 0.1) is 5.92 Å². The summed E-state index contributed by atoms with van der Waals surface area (Å²) in [7, 11) is 0. The van der Waals surface area contributed by atoms with Gasteiger partial charge in [0.15, 0.2) is 11.5 Å². The maximum atomic E-state index is 13.0. The molecule has 3 amide bonds. The van der Waals surface area contributed by atoms with E-state index in [1.54, 1.807) is 0 Å². The van der Waals surface area contributed by atoms with E-state index in [0.29, 0.717) is 11.5 Å². The Morgan fingerprint density at radius 2 is 2.04 bits per heavy atom. The number of nitrogens with zero attached hydrogens (tertiary/aromatic N) is 1. The molecule has 1 saturated carbocycles. The smallest absolute Gasteiger partial charge is 0.325 e. The number of ether oxygens (including phenoxy) is 2. The summed E-state index contributed by atoms with van der Waals surface area (Å²) in [6, 6.07) is 3.33. The maximum absolute atomic E-state index is 13.0. The molecule has 128 valence electrons. The predicted molar refractivity (Wildman–Crippen MR) is 89.7 cm³/mol. The van der Waals surface area contributed by atoms with E-state index in [0.717, 1.165) is 35.7 Å². The van der Waals surface area contributed by atoms with E-state index in [1.165, 1.54) is 4.90 Å². The highest BCUT2D eigenvalue weighted by Gasteiger charge is 2.54. The fourth-order valence-corrected chi connectivity index (χ4v) is 4.34. The Kier molecular flexibility index (Phi) is 3.71. The van der Waals surface area contributed by atoms with Crippen molar-refractivity contribution in [3.63, 3.8) is 0 Å². The van der Waals surface area contributed by atoms with Crippen molar-refractivity contribution in [1.82, 2.24) is 10.2 Å². The Balaban J connectivity index is 1.61. The third-order valence-electron chi connectivity index (χ3n) is 5.37. The van der Waals surface area contributed by atoms with Crippen LogP contribution in [0.1, 0.15) is 38.2 Å². The van der Waals surface area contributed by atoms with Crippen LogP contribution in [0.3, 0.4) is 0 Å². The molecule has 2 aliphatic heterocycles. The molecule has 0 bridgehead atoms. The summed E-state index contributed by atoms with van der Waals surface area (Å²) < 4.78 is 11.5. The molecule has 0 unspecified atom stereocenters. The third kappa shape index (κ3) is 2.29. The highest BCUT2D eigenvalue weighted by molar-refractivity contribution is 9.10. The van der Waals surface area contributed by atoms with Gasteiger partial charge in [0.2, 0.25) is 6.79 Å². The second kappa shape index (κ2) is 5.65. The van der Waals surface area contributed by atoms with E-state index in [2.05, 4.69) is 28.2 Å². The summed E-state index contributed by atoms with van der Waals surface area (Å²) >= 11 is 3.49. The predicted octanol–water partition coefficient (Wildman–Crippen LogP) is 3.18. The number of carbonyl (C=O) groups is 2. The average molecular weight is 395 g/mol. The molecule has 0 aromatic heterocycles. The first-order valence-electron chi connectivity index (χ1n) is 8.23. The zero-order valence-electron chi connectivity index (χ0n) is 13.4. The zero-order valence-corrected chi connectivity index (χ0v) is 15.0. The van der Waals surface area contributed by atoms with Crippen LogP contribution in [0.5, 0.6) is 11.5 Å². The van der Waals surface area contributed by atoms with E-state index in [1.807, 2.05) is 12.1 Å². The molecule has 3 aliphatic rings. The topological polar surface area (TPSA) is 67.9 Å². The summed E-state index contributed by atoms with van der Waals surface area (Å²) in [6.07, 6.45) is 3.77. The first-order chi connectivity index (χ1) is 11.5. The van der Waals surface area contributed by atoms with Gasteiger partial charge in [0, 0.05) is 4.47 Å². The van der Waals surface area contributed by atoms with Crippen molar-refractivity contribution in [2.75, 3.05) is 6.79 Å². The molecule has 6 nitrogen and oxygen atoms in total. The Morgan fingerprint density at radius 3 is 2.79 bits per heavy atom.